The summed E-state index contributed by atoms with van der Waals surface area (Å²) in [6, 6.07) is 5.86. The molecule has 0 bridgehead atoms. The minimum Gasteiger partial charge on any atom is -0.393 e. The highest BCUT2D eigenvalue weighted by atomic mass is 16.6. The van der Waals surface area contributed by atoms with E-state index in [2.05, 4.69) is 10.3 Å². The molecule has 0 fully saturated rings. The van der Waals surface area contributed by atoms with Gasteiger partial charge in [0.25, 0.3) is 5.91 Å². The molecule has 7 nitrogen and oxygen atoms in total. The second-order valence-corrected chi connectivity index (χ2v) is 4.15. The Bertz CT molecular complexity index is 685. The standard InChI is InChI=1S/C13H12N4O3/c1-8-7-15-6-5-11(8)16-13(18)9-3-2-4-10(14)12(9)17(19)20/h2-7H,14H2,1H3,(H,15,16,18). The van der Waals surface area contributed by atoms with Crippen LogP contribution in [-0.2, 0) is 0 Å². The Morgan fingerprint density at radius 2 is 2.15 bits per heavy atom. The number of para-hydroxylation sites is 1. The number of aromatic nitrogens is 1. The Balaban J connectivity index is 2.38. The number of nitro groups is 1. The molecule has 0 unspecified atom stereocenters. The Kier molecular flexibility index (Phi) is 3.60. The zero-order chi connectivity index (χ0) is 14.7. The van der Waals surface area contributed by atoms with Gasteiger partial charge in [-0.3, -0.25) is 19.9 Å². The summed E-state index contributed by atoms with van der Waals surface area (Å²) in [4.78, 5) is 26.4. The number of amides is 1. The van der Waals surface area contributed by atoms with E-state index in [1.807, 2.05) is 0 Å². The van der Waals surface area contributed by atoms with Crippen LogP contribution in [0.4, 0.5) is 17.1 Å². The molecule has 3 N–H and O–H groups in total. The molecule has 0 aliphatic rings. The summed E-state index contributed by atoms with van der Waals surface area (Å²) in [6.45, 7) is 1.77. The van der Waals surface area contributed by atoms with Crippen molar-refractivity contribution in [3.63, 3.8) is 0 Å². The lowest BCUT2D eigenvalue weighted by molar-refractivity contribution is -0.384. The molecule has 1 amide bonds. The summed E-state index contributed by atoms with van der Waals surface area (Å²) in [5.74, 6) is -0.585. The second-order valence-electron chi connectivity index (χ2n) is 4.15. The van der Waals surface area contributed by atoms with Gasteiger partial charge in [0.05, 0.1) is 4.92 Å². The summed E-state index contributed by atoms with van der Waals surface area (Å²) in [5.41, 5.74) is 6.34. The number of carbonyl (C=O) groups excluding carboxylic acids is 1. The van der Waals surface area contributed by atoms with Crippen LogP contribution in [-0.4, -0.2) is 15.8 Å². The van der Waals surface area contributed by atoms with Crippen molar-refractivity contribution >= 4 is 23.0 Å². The molecule has 1 aromatic heterocycles. The van der Waals surface area contributed by atoms with Gasteiger partial charge in [-0.25, -0.2) is 0 Å². The Labute approximate surface area is 114 Å². The van der Waals surface area contributed by atoms with E-state index in [0.717, 1.165) is 5.56 Å². The van der Waals surface area contributed by atoms with Crippen LogP contribution in [0, 0.1) is 17.0 Å². The third-order valence-corrected chi connectivity index (χ3v) is 2.76. The van der Waals surface area contributed by atoms with Gasteiger partial charge in [-0.1, -0.05) is 6.07 Å². The molecule has 2 aromatic rings. The van der Waals surface area contributed by atoms with Crippen molar-refractivity contribution in [2.24, 2.45) is 0 Å². The van der Waals surface area contributed by atoms with Gasteiger partial charge < -0.3 is 11.1 Å². The predicted octanol–water partition coefficient (Wildman–Crippen LogP) is 2.13. The fourth-order valence-electron chi connectivity index (χ4n) is 1.75. The lowest BCUT2D eigenvalue weighted by atomic mass is 10.1. The Morgan fingerprint density at radius 3 is 2.80 bits per heavy atom. The zero-order valence-electron chi connectivity index (χ0n) is 10.7. The van der Waals surface area contributed by atoms with Gasteiger partial charge in [0.1, 0.15) is 11.3 Å². The third kappa shape index (κ3) is 2.56. The molecule has 0 atom stereocenters. The van der Waals surface area contributed by atoms with E-state index in [9.17, 15) is 14.9 Å². The number of nitrogens with two attached hydrogens (primary N) is 1. The molecule has 0 aliphatic carbocycles. The van der Waals surface area contributed by atoms with Crippen LogP contribution in [0.2, 0.25) is 0 Å². The average molecular weight is 272 g/mol. The van der Waals surface area contributed by atoms with E-state index in [0.29, 0.717) is 5.69 Å². The van der Waals surface area contributed by atoms with Crippen molar-refractivity contribution in [2.45, 2.75) is 6.92 Å². The molecule has 0 spiro atoms. The van der Waals surface area contributed by atoms with Crippen LogP contribution in [0.5, 0.6) is 0 Å². The van der Waals surface area contributed by atoms with Crippen LogP contribution >= 0.6 is 0 Å². The largest absolute Gasteiger partial charge is 0.393 e. The van der Waals surface area contributed by atoms with Crippen molar-refractivity contribution in [2.75, 3.05) is 11.1 Å². The normalized spacial score (nSPS) is 10.1. The van der Waals surface area contributed by atoms with Gasteiger partial charge in [-0.05, 0) is 30.7 Å². The quantitative estimate of drug-likeness (QED) is 0.505. The van der Waals surface area contributed by atoms with E-state index in [1.54, 1.807) is 19.2 Å². The number of nitro benzene ring substituents is 1. The van der Waals surface area contributed by atoms with E-state index in [-0.39, 0.29) is 11.3 Å². The van der Waals surface area contributed by atoms with E-state index in [4.69, 9.17) is 5.73 Å². The molecule has 7 heteroatoms. The van der Waals surface area contributed by atoms with Gasteiger partial charge >= 0.3 is 5.69 Å². The monoisotopic (exact) mass is 272 g/mol. The van der Waals surface area contributed by atoms with E-state index >= 15 is 0 Å². The van der Waals surface area contributed by atoms with Crippen molar-refractivity contribution in [1.29, 1.82) is 0 Å². The summed E-state index contributed by atoms with van der Waals surface area (Å²) < 4.78 is 0. The maximum Gasteiger partial charge on any atom is 0.304 e. The average Bonchev–Trinajstić information content (AvgIpc) is 2.40. The molecular formula is C13H12N4O3. The van der Waals surface area contributed by atoms with Gasteiger partial charge in [-0.15, -0.1) is 0 Å². The fraction of sp³-hybridized carbons (Fsp3) is 0.0769. The zero-order valence-corrected chi connectivity index (χ0v) is 10.7. The number of anilines is 2. The molecule has 102 valence electrons. The van der Waals surface area contributed by atoms with Crippen molar-refractivity contribution in [1.82, 2.24) is 4.98 Å². The second kappa shape index (κ2) is 5.35. The number of nitrogens with one attached hydrogen (secondary N) is 1. The minimum atomic E-state index is -0.663. The summed E-state index contributed by atoms with van der Waals surface area (Å²) in [6.07, 6.45) is 3.11. The van der Waals surface area contributed by atoms with Crippen molar-refractivity contribution in [3.05, 3.63) is 57.9 Å². The van der Waals surface area contributed by atoms with Crippen LogP contribution in [0.3, 0.4) is 0 Å². The van der Waals surface area contributed by atoms with Crippen LogP contribution < -0.4 is 11.1 Å². The van der Waals surface area contributed by atoms with E-state index < -0.39 is 16.5 Å². The first-order chi connectivity index (χ1) is 9.50. The minimum absolute atomic E-state index is 0.0471. The van der Waals surface area contributed by atoms with E-state index in [1.165, 1.54) is 24.4 Å². The number of nitrogens with zero attached hydrogens (tertiary/aromatic N) is 2. The molecule has 0 saturated carbocycles. The Hall–Kier alpha value is -2.96. The SMILES string of the molecule is Cc1cnccc1NC(=O)c1cccc(N)c1[N+](=O)[O-]. The van der Waals surface area contributed by atoms with Crippen molar-refractivity contribution < 1.29 is 9.72 Å². The molecule has 1 aromatic carbocycles. The summed E-state index contributed by atoms with van der Waals surface area (Å²) >= 11 is 0. The molecule has 0 saturated heterocycles. The number of hydrogen-bond acceptors (Lipinski definition) is 5. The molecule has 0 radical (unpaired) electrons. The smallest absolute Gasteiger partial charge is 0.304 e. The highest BCUT2D eigenvalue weighted by Gasteiger charge is 2.23. The molecular weight excluding hydrogens is 260 g/mol. The number of rotatable bonds is 3. The highest BCUT2D eigenvalue weighted by molar-refractivity contribution is 6.08. The van der Waals surface area contributed by atoms with Gasteiger partial charge in [-0.2, -0.15) is 0 Å². The van der Waals surface area contributed by atoms with Gasteiger partial charge in [0.2, 0.25) is 0 Å². The van der Waals surface area contributed by atoms with Crippen molar-refractivity contribution in [3.8, 4) is 0 Å². The Morgan fingerprint density at radius 1 is 1.40 bits per heavy atom. The maximum absolute atomic E-state index is 12.2. The molecule has 0 aliphatic heterocycles. The molecule has 2 rings (SSSR count). The third-order valence-electron chi connectivity index (χ3n) is 2.76. The first kappa shape index (κ1) is 13.5. The number of nitrogen functional groups attached to an aromatic ring is 1. The number of benzene rings is 1. The topological polar surface area (TPSA) is 111 Å². The first-order valence-electron chi connectivity index (χ1n) is 5.75. The van der Waals surface area contributed by atoms with Gasteiger partial charge in [0, 0.05) is 18.1 Å². The lowest BCUT2D eigenvalue weighted by Crippen LogP contribution is -2.15. The first-order valence-corrected chi connectivity index (χ1v) is 5.75. The number of carbonyl (C=O) groups is 1. The lowest BCUT2D eigenvalue weighted by Gasteiger charge is -2.08. The summed E-state index contributed by atoms with van der Waals surface area (Å²) in [7, 11) is 0. The van der Waals surface area contributed by atoms with Crippen LogP contribution in [0.15, 0.2) is 36.7 Å². The number of pyridine rings is 1. The number of hydrogen-bond donors (Lipinski definition) is 2. The fourth-order valence-corrected chi connectivity index (χ4v) is 1.75. The highest BCUT2D eigenvalue weighted by Crippen LogP contribution is 2.26. The van der Waals surface area contributed by atoms with Crippen LogP contribution in [0.25, 0.3) is 0 Å². The van der Waals surface area contributed by atoms with Gasteiger partial charge in [0.15, 0.2) is 0 Å². The maximum atomic E-state index is 12.2. The predicted molar refractivity (Wildman–Crippen MR) is 74.4 cm³/mol. The number of aryl methyl sites for hydroxylation is 1. The molecule has 20 heavy (non-hydrogen) atoms. The molecule has 1 heterocycles. The van der Waals surface area contributed by atoms with Crippen LogP contribution in [0.1, 0.15) is 15.9 Å². The summed E-state index contributed by atoms with van der Waals surface area (Å²) in [5, 5.41) is 13.6.